The zero-order valence-electron chi connectivity index (χ0n) is 9.57. The Hall–Kier alpha value is -0.300. The second kappa shape index (κ2) is 4.66. The highest BCUT2D eigenvalue weighted by atomic mass is 15.3. The van der Waals surface area contributed by atoms with Crippen LogP contribution in [0.25, 0.3) is 0 Å². The van der Waals surface area contributed by atoms with Crippen molar-refractivity contribution in [2.45, 2.75) is 33.6 Å². The Morgan fingerprint density at radius 3 is 1.83 bits per heavy atom. The maximum atomic E-state index is 2.26. The first-order valence-corrected chi connectivity index (χ1v) is 4.82. The zero-order chi connectivity index (χ0) is 9.78. The molecule has 1 nitrogen and oxygen atoms in total. The fraction of sp³-hybridized carbons (Fsp3) is 0.818. The Balaban J connectivity index is 4.17. The smallest absolute Gasteiger partial charge is 0.0997 e. The van der Waals surface area contributed by atoms with Crippen LogP contribution in [0.4, 0.5) is 0 Å². The number of likely N-dealkylation sites (N-methyl/N-ethyl adjacent to an activating group) is 1. The van der Waals surface area contributed by atoms with E-state index < -0.39 is 0 Å². The number of quaternary nitrogens is 1. The lowest BCUT2D eigenvalue weighted by Crippen LogP contribution is -2.36. The molecule has 72 valence electrons. The van der Waals surface area contributed by atoms with E-state index in [1.54, 1.807) is 11.1 Å². The second-order valence-corrected chi connectivity index (χ2v) is 4.76. The van der Waals surface area contributed by atoms with Crippen LogP contribution in [0.1, 0.15) is 33.6 Å². The molecule has 0 atom stereocenters. The lowest BCUT2D eigenvalue weighted by atomic mass is 10.1. The topological polar surface area (TPSA) is 0 Å². The van der Waals surface area contributed by atoms with Crippen LogP contribution in [-0.4, -0.2) is 32.2 Å². The van der Waals surface area contributed by atoms with E-state index in [4.69, 9.17) is 0 Å². The van der Waals surface area contributed by atoms with Crippen molar-refractivity contribution in [3.05, 3.63) is 11.1 Å². The predicted molar refractivity (Wildman–Crippen MR) is 56.2 cm³/mol. The first-order chi connectivity index (χ1) is 5.37. The van der Waals surface area contributed by atoms with Crippen molar-refractivity contribution < 1.29 is 4.48 Å². The summed E-state index contributed by atoms with van der Waals surface area (Å²) in [5.41, 5.74) is 3.13. The normalized spacial score (nSPS) is 14.5. The Kier molecular flexibility index (Phi) is 4.54. The monoisotopic (exact) mass is 170 g/mol. The van der Waals surface area contributed by atoms with Crippen LogP contribution in [0.5, 0.6) is 0 Å². The van der Waals surface area contributed by atoms with Crippen molar-refractivity contribution in [3.63, 3.8) is 0 Å². The summed E-state index contributed by atoms with van der Waals surface area (Å²) >= 11 is 0. The molecular weight excluding hydrogens is 146 g/mol. The van der Waals surface area contributed by atoms with Crippen molar-refractivity contribution in [2.24, 2.45) is 0 Å². The molecule has 0 N–H and O–H groups in total. The summed E-state index contributed by atoms with van der Waals surface area (Å²) < 4.78 is 1.03. The minimum absolute atomic E-state index is 1.03. The van der Waals surface area contributed by atoms with Gasteiger partial charge in [-0.05, 0) is 25.8 Å². The third kappa shape index (κ3) is 5.36. The Bertz CT molecular complexity index is 160. The van der Waals surface area contributed by atoms with Crippen LogP contribution in [0, 0.1) is 0 Å². The molecule has 0 saturated heterocycles. The van der Waals surface area contributed by atoms with Crippen LogP contribution in [0.15, 0.2) is 11.1 Å². The maximum absolute atomic E-state index is 2.26. The van der Waals surface area contributed by atoms with E-state index >= 15 is 0 Å². The third-order valence-electron chi connectivity index (χ3n) is 2.07. The lowest BCUT2D eigenvalue weighted by Gasteiger charge is -2.25. The van der Waals surface area contributed by atoms with Crippen LogP contribution < -0.4 is 0 Å². The quantitative estimate of drug-likeness (QED) is 0.449. The molecule has 12 heavy (non-hydrogen) atoms. The molecule has 0 aromatic rings. The van der Waals surface area contributed by atoms with Crippen LogP contribution in [-0.2, 0) is 0 Å². The van der Waals surface area contributed by atoms with Crippen LogP contribution in [0.3, 0.4) is 0 Å². The summed E-state index contributed by atoms with van der Waals surface area (Å²) in [6, 6.07) is 0. The summed E-state index contributed by atoms with van der Waals surface area (Å²) in [4.78, 5) is 0. The highest BCUT2D eigenvalue weighted by Gasteiger charge is 2.08. The van der Waals surface area contributed by atoms with Gasteiger partial charge in [-0.1, -0.05) is 18.9 Å². The number of hydrogen-bond acceptors (Lipinski definition) is 0. The van der Waals surface area contributed by atoms with Gasteiger partial charge in [0, 0.05) is 0 Å². The highest BCUT2D eigenvalue weighted by Crippen LogP contribution is 2.12. The van der Waals surface area contributed by atoms with Crippen molar-refractivity contribution in [2.75, 3.05) is 27.7 Å². The SMILES string of the molecule is CCCC(C)=C(C)C[N+](C)(C)C. The van der Waals surface area contributed by atoms with Crippen molar-refractivity contribution in [1.29, 1.82) is 0 Å². The number of hydrogen-bond donors (Lipinski definition) is 0. The van der Waals surface area contributed by atoms with Crippen molar-refractivity contribution in [3.8, 4) is 0 Å². The molecular formula is C11H24N+. The third-order valence-corrected chi connectivity index (χ3v) is 2.07. The van der Waals surface area contributed by atoms with E-state index in [1.807, 2.05) is 0 Å². The molecule has 0 aromatic carbocycles. The molecule has 0 saturated carbocycles. The second-order valence-electron chi connectivity index (χ2n) is 4.76. The van der Waals surface area contributed by atoms with Gasteiger partial charge in [0.15, 0.2) is 0 Å². The summed E-state index contributed by atoms with van der Waals surface area (Å²) in [7, 11) is 6.72. The van der Waals surface area contributed by atoms with E-state index in [9.17, 15) is 0 Å². The average Bonchev–Trinajstić information content (AvgIpc) is 1.84. The fourth-order valence-corrected chi connectivity index (χ4v) is 1.43. The lowest BCUT2D eigenvalue weighted by molar-refractivity contribution is -0.865. The van der Waals surface area contributed by atoms with Crippen molar-refractivity contribution >= 4 is 0 Å². The Morgan fingerprint density at radius 1 is 1.00 bits per heavy atom. The largest absolute Gasteiger partial charge is 0.327 e. The number of nitrogens with zero attached hydrogens (tertiary/aromatic N) is 1. The molecule has 0 unspecified atom stereocenters. The average molecular weight is 170 g/mol. The molecule has 0 spiro atoms. The van der Waals surface area contributed by atoms with Gasteiger partial charge in [0.25, 0.3) is 0 Å². The highest BCUT2D eigenvalue weighted by molar-refractivity contribution is 5.09. The standard InChI is InChI=1S/C11H24N/c1-7-8-10(2)11(3)9-12(4,5)6/h7-9H2,1-6H3/q+1. The molecule has 0 bridgehead atoms. The molecule has 0 heterocycles. The zero-order valence-corrected chi connectivity index (χ0v) is 9.57. The van der Waals surface area contributed by atoms with Gasteiger partial charge in [0.05, 0.1) is 27.7 Å². The Labute approximate surface area is 77.7 Å². The van der Waals surface area contributed by atoms with Crippen molar-refractivity contribution in [1.82, 2.24) is 0 Å². The summed E-state index contributed by atoms with van der Waals surface area (Å²) in [5.74, 6) is 0. The fourth-order valence-electron chi connectivity index (χ4n) is 1.43. The van der Waals surface area contributed by atoms with E-state index in [1.165, 1.54) is 19.4 Å². The van der Waals surface area contributed by atoms with Gasteiger partial charge in [-0.25, -0.2) is 0 Å². The van der Waals surface area contributed by atoms with Gasteiger partial charge in [-0.2, -0.15) is 0 Å². The van der Waals surface area contributed by atoms with Gasteiger partial charge in [0.1, 0.15) is 0 Å². The van der Waals surface area contributed by atoms with Gasteiger partial charge in [-0.3, -0.25) is 0 Å². The molecule has 0 amide bonds. The first-order valence-electron chi connectivity index (χ1n) is 4.82. The Morgan fingerprint density at radius 2 is 1.50 bits per heavy atom. The predicted octanol–water partition coefficient (Wildman–Crippen LogP) is 2.83. The van der Waals surface area contributed by atoms with Gasteiger partial charge < -0.3 is 4.48 Å². The van der Waals surface area contributed by atoms with Crippen LogP contribution in [0.2, 0.25) is 0 Å². The summed E-state index contributed by atoms with van der Waals surface area (Å²) in [6.07, 6.45) is 2.52. The minimum Gasteiger partial charge on any atom is -0.327 e. The van der Waals surface area contributed by atoms with Crippen LogP contribution >= 0.6 is 0 Å². The van der Waals surface area contributed by atoms with E-state index in [0.29, 0.717) is 0 Å². The molecule has 0 aliphatic heterocycles. The molecule has 0 radical (unpaired) electrons. The molecule has 0 aliphatic rings. The summed E-state index contributed by atoms with van der Waals surface area (Å²) in [5, 5.41) is 0. The van der Waals surface area contributed by atoms with E-state index in [0.717, 1.165) is 4.48 Å². The van der Waals surface area contributed by atoms with Gasteiger partial charge in [-0.15, -0.1) is 0 Å². The molecule has 0 fully saturated rings. The first kappa shape index (κ1) is 11.7. The van der Waals surface area contributed by atoms with E-state index in [2.05, 4.69) is 41.9 Å². The van der Waals surface area contributed by atoms with Gasteiger partial charge in [0.2, 0.25) is 0 Å². The maximum Gasteiger partial charge on any atom is 0.0997 e. The molecule has 0 aliphatic carbocycles. The van der Waals surface area contributed by atoms with Gasteiger partial charge >= 0.3 is 0 Å². The van der Waals surface area contributed by atoms with E-state index in [-0.39, 0.29) is 0 Å². The molecule has 1 heteroatoms. The minimum atomic E-state index is 1.03. The number of allylic oxidation sites excluding steroid dienone is 1. The summed E-state index contributed by atoms with van der Waals surface area (Å²) in [6.45, 7) is 7.93. The molecule has 0 aromatic heterocycles. The molecule has 0 rings (SSSR count). The number of rotatable bonds is 4.